The van der Waals surface area contributed by atoms with Crippen LogP contribution >= 0.6 is 0 Å². The summed E-state index contributed by atoms with van der Waals surface area (Å²) in [5, 5.41) is 4.56. The fourth-order valence-corrected chi connectivity index (χ4v) is 2.75. The van der Waals surface area contributed by atoms with Crippen LogP contribution in [0.5, 0.6) is 0 Å². The first-order valence-electron chi connectivity index (χ1n) is 10.8. The van der Waals surface area contributed by atoms with Crippen LogP contribution in [0.4, 0.5) is 18.9 Å². The van der Waals surface area contributed by atoms with Crippen molar-refractivity contribution in [2.75, 3.05) is 45.6 Å². The summed E-state index contributed by atoms with van der Waals surface area (Å²) in [6, 6.07) is 1.21. The molecule has 0 bridgehead atoms. The summed E-state index contributed by atoms with van der Waals surface area (Å²) in [4.78, 5) is 44.0. The standard InChI is InChI=1S/C22H32F3N5O4/c1-6-16(7-2)34-20(32)17-11-15(27-13-18(17)28-21(33)22(23,24)25)12-26-14-19(31)30(8-3)10-9-29(4)5/h6,11,13,16,26H,1,7-10,12,14H2,2-5H3,(H,28,33). The van der Waals surface area contributed by atoms with Crippen LogP contribution in [0.2, 0.25) is 0 Å². The van der Waals surface area contributed by atoms with Gasteiger partial charge in [-0.1, -0.05) is 19.6 Å². The maximum atomic E-state index is 12.7. The van der Waals surface area contributed by atoms with E-state index in [1.807, 2.05) is 25.9 Å². The van der Waals surface area contributed by atoms with E-state index in [0.717, 1.165) is 6.20 Å². The highest BCUT2D eigenvalue weighted by atomic mass is 19.4. The quantitative estimate of drug-likeness (QED) is 0.325. The van der Waals surface area contributed by atoms with Crippen LogP contribution in [0.15, 0.2) is 24.9 Å². The van der Waals surface area contributed by atoms with Gasteiger partial charge in [0.1, 0.15) is 6.10 Å². The number of amides is 2. The van der Waals surface area contributed by atoms with E-state index in [2.05, 4.69) is 16.9 Å². The van der Waals surface area contributed by atoms with E-state index < -0.39 is 29.8 Å². The number of esters is 1. The molecule has 9 nitrogen and oxygen atoms in total. The number of anilines is 1. The van der Waals surface area contributed by atoms with Crippen molar-refractivity contribution in [3.05, 3.63) is 36.2 Å². The fourth-order valence-electron chi connectivity index (χ4n) is 2.75. The van der Waals surface area contributed by atoms with Crippen molar-refractivity contribution >= 4 is 23.5 Å². The predicted molar refractivity (Wildman–Crippen MR) is 121 cm³/mol. The Hall–Kier alpha value is -2.99. The van der Waals surface area contributed by atoms with Gasteiger partial charge < -0.3 is 25.2 Å². The van der Waals surface area contributed by atoms with Gasteiger partial charge in [-0.15, -0.1) is 0 Å². The topological polar surface area (TPSA) is 104 Å². The molecular formula is C22H32F3N5O4. The molecule has 1 unspecified atom stereocenters. The molecule has 2 N–H and O–H groups in total. The summed E-state index contributed by atoms with van der Waals surface area (Å²) in [5.41, 5.74) is -0.461. The molecule has 1 atom stereocenters. The van der Waals surface area contributed by atoms with Crippen molar-refractivity contribution in [3.63, 3.8) is 0 Å². The van der Waals surface area contributed by atoms with Gasteiger partial charge in [0.05, 0.1) is 29.7 Å². The molecule has 1 aromatic rings. The van der Waals surface area contributed by atoms with Crippen molar-refractivity contribution in [2.24, 2.45) is 0 Å². The first-order chi connectivity index (χ1) is 15.9. The third-order valence-corrected chi connectivity index (χ3v) is 4.74. The van der Waals surface area contributed by atoms with E-state index in [9.17, 15) is 27.6 Å². The summed E-state index contributed by atoms with van der Waals surface area (Å²) in [6.07, 6.45) is -3.07. The number of nitrogens with zero attached hydrogens (tertiary/aromatic N) is 3. The van der Waals surface area contributed by atoms with Gasteiger partial charge in [-0.25, -0.2) is 4.79 Å². The highest BCUT2D eigenvalue weighted by Gasteiger charge is 2.39. The van der Waals surface area contributed by atoms with Gasteiger partial charge in [0.2, 0.25) is 5.91 Å². The highest BCUT2D eigenvalue weighted by molar-refractivity contribution is 6.02. The van der Waals surface area contributed by atoms with Gasteiger partial charge in [0.25, 0.3) is 0 Å². The Morgan fingerprint density at radius 2 is 1.91 bits per heavy atom. The molecular weight excluding hydrogens is 455 g/mol. The maximum Gasteiger partial charge on any atom is 0.471 e. The Bertz CT molecular complexity index is 861. The Morgan fingerprint density at radius 1 is 1.24 bits per heavy atom. The molecule has 2 amide bonds. The molecule has 0 aliphatic carbocycles. The average molecular weight is 488 g/mol. The summed E-state index contributed by atoms with van der Waals surface area (Å²) in [6.45, 7) is 9.03. The van der Waals surface area contributed by atoms with Crippen LogP contribution in [-0.2, 0) is 20.9 Å². The Balaban J connectivity index is 2.97. The van der Waals surface area contributed by atoms with Crippen molar-refractivity contribution in [1.29, 1.82) is 0 Å². The molecule has 0 radical (unpaired) electrons. The molecule has 12 heteroatoms. The number of carbonyl (C=O) groups is 3. The number of carbonyl (C=O) groups excluding carboxylic acids is 3. The minimum atomic E-state index is -5.15. The maximum absolute atomic E-state index is 12.7. The van der Waals surface area contributed by atoms with Gasteiger partial charge in [-0.3, -0.25) is 14.6 Å². The summed E-state index contributed by atoms with van der Waals surface area (Å²) < 4.78 is 43.3. The first-order valence-corrected chi connectivity index (χ1v) is 10.8. The van der Waals surface area contributed by atoms with Gasteiger partial charge in [-0.05, 0) is 33.5 Å². The number of ether oxygens (including phenoxy) is 1. The van der Waals surface area contributed by atoms with E-state index in [4.69, 9.17) is 4.74 Å². The number of rotatable bonds is 13. The number of pyridine rings is 1. The summed E-state index contributed by atoms with van der Waals surface area (Å²) in [7, 11) is 3.81. The van der Waals surface area contributed by atoms with Crippen LogP contribution in [0.3, 0.4) is 0 Å². The minimum absolute atomic E-state index is 0.00363. The van der Waals surface area contributed by atoms with Crippen LogP contribution in [0.1, 0.15) is 36.3 Å². The van der Waals surface area contributed by atoms with Crippen molar-refractivity contribution in [3.8, 4) is 0 Å². The van der Waals surface area contributed by atoms with E-state index in [1.54, 1.807) is 17.1 Å². The van der Waals surface area contributed by atoms with Crippen molar-refractivity contribution in [1.82, 2.24) is 20.1 Å². The molecule has 0 aliphatic rings. The van der Waals surface area contributed by atoms with E-state index in [1.165, 1.54) is 12.1 Å². The second-order valence-electron chi connectivity index (χ2n) is 7.64. The number of halogens is 3. The van der Waals surface area contributed by atoms with Crippen molar-refractivity contribution in [2.45, 2.75) is 39.1 Å². The molecule has 0 aromatic carbocycles. The van der Waals surface area contributed by atoms with E-state index in [-0.39, 0.29) is 30.3 Å². The molecule has 0 aliphatic heterocycles. The highest BCUT2D eigenvalue weighted by Crippen LogP contribution is 2.22. The first kappa shape index (κ1) is 29.0. The average Bonchev–Trinajstić information content (AvgIpc) is 2.77. The van der Waals surface area contributed by atoms with Crippen molar-refractivity contribution < 1.29 is 32.3 Å². The smallest absolute Gasteiger partial charge is 0.455 e. The molecule has 34 heavy (non-hydrogen) atoms. The molecule has 1 aromatic heterocycles. The van der Waals surface area contributed by atoms with Gasteiger partial charge >= 0.3 is 18.1 Å². The van der Waals surface area contributed by atoms with Crippen LogP contribution < -0.4 is 10.6 Å². The largest absolute Gasteiger partial charge is 0.471 e. The van der Waals surface area contributed by atoms with Gasteiger partial charge in [0.15, 0.2) is 0 Å². The third kappa shape index (κ3) is 9.48. The minimum Gasteiger partial charge on any atom is -0.455 e. The van der Waals surface area contributed by atoms with E-state index >= 15 is 0 Å². The number of hydrogen-bond acceptors (Lipinski definition) is 7. The molecule has 0 fully saturated rings. The Labute approximate surface area is 197 Å². The second kappa shape index (κ2) is 13.7. The number of likely N-dealkylation sites (N-methyl/N-ethyl adjacent to an activating group) is 2. The number of hydrogen-bond donors (Lipinski definition) is 2. The zero-order valence-electron chi connectivity index (χ0n) is 19.9. The third-order valence-electron chi connectivity index (χ3n) is 4.74. The van der Waals surface area contributed by atoms with Gasteiger partial charge in [-0.2, -0.15) is 13.2 Å². The molecule has 0 saturated heterocycles. The number of aromatic nitrogens is 1. The zero-order valence-corrected chi connectivity index (χ0v) is 19.9. The van der Waals surface area contributed by atoms with E-state index in [0.29, 0.717) is 26.1 Å². The second-order valence-corrected chi connectivity index (χ2v) is 7.64. The Morgan fingerprint density at radius 3 is 2.44 bits per heavy atom. The molecule has 0 saturated carbocycles. The predicted octanol–water partition coefficient (Wildman–Crippen LogP) is 2.20. The normalized spacial score (nSPS) is 12.2. The lowest BCUT2D eigenvalue weighted by atomic mass is 10.1. The number of nitrogens with one attached hydrogen (secondary N) is 2. The monoisotopic (exact) mass is 487 g/mol. The molecule has 1 heterocycles. The zero-order chi connectivity index (χ0) is 25.9. The van der Waals surface area contributed by atoms with Gasteiger partial charge in [0, 0.05) is 26.2 Å². The lowest BCUT2D eigenvalue weighted by molar-refractivity contribution is -0.167. The van der Waals surface area contributed by atoms with Crippen LogP contribution in [0, 0.1) is 0 Å². The summed E-state index contributed by atoms with van der Waals surface area (Å²) in [5.74, 6) is -3.31. The lowest BCUT2D eigenvalue weighted by Crippen LogP contribution is -2.41. The SMILES string of the molecule is C=CC(CC)OC(=O)c1cc(CNCC(=O)N(CC)CCN(C)C)ncc1NC(=O)C(F)(F)F. The van der Waals surface area contributed by atoms with Crippen LogP contribution in [-0.4, -0.2) is 85.1 Å². The molecule has 1 rings (SSSR count). The fraction of sp³-hybridized carbons (Fsp3) is 0.545. The Kier molecular flexibility index (Phi) is 11.7. The molecule has 0 spiro atoms. The summed E-state index contributed by atoms with van der Waals surface area (Å²) >= 11 is 0. The van der Waals surface area contributed by atoms with Crippen LogP contribution in [0.25, 0.3) is 0 Å². The molecule has 190 valence electrons. The lowest BCUT2D eigenvalue weighted by Gasteiger charge is -2.23. The number of alkyl halides is 3.